The molecule has 0 bridgehead atoms. The minimum absolute atomic E-state index is 0.0323. The molecule has 47 heavy (non-hydrogen) atoms. The molecule has 11 unspecified atom stereocenters. The molecule has 0 aromatic rings. The van der Waals surface area contributed by atoms with Gasteiger partial charge in [-0.3, -0.25) is 0 Å². The molecule has 0 radical (unpaired) electrons. The van der Waals surface area contributed by atoms with Crippen LogP contribution in [0.25, 0.3) is 0 Å². The van der Waals surface area contributed by atoms with Crippen LogP contribution in [-0.4, -0.2) is 81.1 Å². The second-order valence-electron chi connectivity index (χ2n) is 17.6. The Morgan fingerprint density at radius 2 is 1.77 bits per heavy atom. The number of aldehydes is 1. The van der Waals surface area contributed by atoms with Crippen molar-refractivity contribution in [1.82, 2.24) is 10.2 Å². The number of alkyl carbamates (subject to hydrolysis) is 1. The van der Waals surface area contributed by atoms with Gasteiger partial charge in [-0.2, -0.15) is 0 Å². The number of hydrogen-bond donors (Lipinski definition) is 1. The number of morpholine rings is 1. The lowest BCUT2D eigenvalue weighted by molar-refractivity contribution is -0.168. The summed E-state index contributed by atoms with van der Waals surface area (Å²) in [7, 11) is 1.59. The van der Waals surface area contributed by atoms with Crippen molar-refractivity contribution in [3.8, 4) is 0 Å². The van der Waals surface area contributed by atoms with Crippen LogP contribution < -0.4 is 5.32 Å². The third-order valence-corrected chi connectivity index (χ3v) is 15.4. The van der Waals surface area contributed by atoms with Gasteiger partial charge in [0.2, 0.25) is 0 Å². The number of rotatable bonds is 6. The summed E-state index contributed by atoms with van der Waals surface area (Å²) >= 11 is 0. The van der Waals surface area contributed by atoms with Gasteiger partial charge in [0.05, 0.1) is 25.4 Å². The van der Waals surface area contributed by atoms with Gasteiger partial charge in [0.15, 0.2) is 0 Å². The van der Waals surface area contributed by atoms with Gasteiger partial charge in [-0.1, -0.05) is 46.8 Å². The summed E-state index contributed by atoms with van der Waals surface area (Å²) in [6, 6.07) is 0. The summed E-state index contributed by atoms with van der Waals surface area (Å²) in [6.07, 6.45) is 9.66. The van der Waals surface area contributed by atoms with Crippen molar-refractivity contribution in [2.75, 3.05) is 33.4 Å². The first-order chi connectivity index (χ1) is 22.3. The van der Waals surface area contributed by atoms with Crippen LogP contribution in [-0.2, 0) is 23.7 Å². The van der Waals surface area contributed by atoms with E-state index in [1.165, 1.54) is 24.7 Å². The number of carbonyl (C=O) groups excluding carboxylic acids is 3. The number of ether oxygens (including phenoxy) is 4. The van der Waals surface area contributed by atoms with Gasteiger partial charge in [0.25, 0.3) is 0 Å². The van der Waals surface area contributed by atoms with E-state index in [2.05, 4.69) is 46.5 Å². The van der Waals surface area contributed by atoms with Crippen molar-refractivity contribution >= 4 is 18.5 Å². The molecule has 11 atom stereocenters. The molecule has 2 amide bonds. The van der Waals surface area contributed by atoms with Crippen molar-refractivity contribution in [3.63, 3.8) is 0 Å². The largest absolute Gasteiger partial charge is 0.446 e. The smallest absolute Gasteiger partial charge is 0.410 e. The molecule has 7 aliphatic rings. The molecule has 262 valence electrons. The number of nitrogens with zero attached hydrogens (tertiary/aromatic N) is 1. The van der Waals surface area contributed by atoms with E-state index in [1.54, 1.807) is 11.9 Å². The van der Waals surface area contributed by atoms with Crippen LogP contribution in [0.1, 0.15) is 98.8 Å². The number of hydrogen-bond acceptors (Lipinski definition) is 7. The van der Waals surface area contributed by atoms with E-state index in [4.69, 9.17) is 18.9 Å². The highest BCUT2D eigenvalue weighted by Gasteiger charge is 2.84. The lowest BCUT2D eigenvalue weighted by Crippen LogP contribution is -2.59. The van der Waals surface area contributed by atoms with Crippen molar-refractivity contribution in [2.45, 2.75) is 123 Å². The van der Waals surface area contributed by atoms with Gasteiger partial charge in [-0.05, 0) is 97.2 Å². The third-order valence-electron chi connectivity index (χ3n) is 15.4. The third kappa shape index (κ3) is 4.63. The zero-order chi connectivity index (χ0) is 33.6. The van der Waals surface area contributed by atoms with Gasteiger partial charge >= 0.3 is 12.2 Å². The monoisotopic (exact) mass is 654 g/mol. The number of nitrogens with one attached hydrogen (secondary N) is 1. The van der Waals surface area contributed by atoms with Crippen molar-refractivity contribution < 1.29 is 33.3 Å². The first-order valence-corrected chi connectivity index (χ1v) is 18.5. The lowest BCUT2D eigenvalue weighted by atomic mass is 9.41. The second-order valence-corrected chi connectivity index (χ2v) is 17.6. The predicted octanol–water partition coefficient (Wildman–Crippen LogP) is 6.54. The highest BCUT2D eigenvalue weighted by molar-refractivity contribution is 5.68. The SMILES string of the molecule is C=C1CC(C(OC(=O)NC)C(C)C)OC2CC3(CC=O)C4CCC5C(C)(C)C(OC(=O)N6CCOCC6)CCC56CC46CCC3(C)C12. The molecule has 2 spiro atoms. The topological polar surface area (TPSA) is 103 Å². The molecule has 2 aliphatic heterocycles. The van der Waals surface area contributed by atoms with Gasteiger partial charge < -0.3 is 34.0 Å². The van der Waals surface area contributed by atoms with Gasteiger partial charge in [0.1, 0.15) is 18.5 Å². The maximum Gasteiger partial charge on any atom is 0.410 e. The molecule has 2 saturated heterocycles. The van der Waals surface area contributed by atoms with Crippen LogP contribution in [0.4, 0.5) is 9.59 Å². The zero-order valence-corrected chi connectivity index (χ0v) is 29.6. The Morgan fingerprint density at radius 3 is 2.45 bits per heavy atom. The highest BCUT2D eigenvalue weighted by atomic mass is 16.6. The predicted molar refractivity (Wildman–Crippen MR) is 177 cm³/mol. The molecular weight excluding hydrogens is 596 g/mol. The molecule has 7 fully saturated rings. The fourth-order valence-electron chi connectivity index (χ4n) is 13.4. The second kappa shape index (κ2) is 11.5. The maximum absolute atomic E-state index is 13.2. The van der Waals surface area contributed by atoms with E-state index in [0.29, 0.717) is 51.0 Å². The summed E-state index contributed by atoms with van der Waals surface area (Å²) in [4.78, 5) is 40.0. The van der Waals surface area contributed by atoms with Crippen LogP contribution in [0, 0.1) is 50.7 Å². The normalized spacial score (nSPS) is 45.3. The Balaban J connectivity index is 1.15. The molecule has 9 nitrogen and oxygen atoms in total. The van der Waals surface area contributed by atoms with Crippen molar-refractivity contribution in [3.05, 3.63) is 12.2 Å². The number of carbonyl (C=O) groups is 3. The summed E-state index contributed by atoms with van der Waals surface area (Å²) in [6.45, 7) is 18.3. The maximum atomic E-state index is 13.2. The minimum Gasteiger partial charge on any atom is -0.446 e. The Bertz CT molecular complexity index is 1290. The first kappa shape index (κ1) is 33.4. The summed E-state index contributed by atoms with van der Waals surface area (Å²) in [5, 5.41) is 2.60. The van der Waals surface area contributed by atoms with E-state index < -0.39 is 6.09 Å². The van der Waals surface area contributed by atoms with E-state index >= 15 is 0 Å². The van der Waals surface area contributed by atoms with E-state index in [0.717, 1.165) is 38.5 Å². The fourth-order valence-corrected chi connectivity index (χ4v) is 13.4. The van der Waals surface area contributed by atoms with Crippen LogP contribution in [0.3, 0.4) is 0 Å². The summed E-state index contributed by atoms with van der Waals surface area (Å²) in [5.41, 5.74) is 1.35. The first-order valence-electron chi connectivity index (χ1n) is 18.5. The molecule has 1 N–H and O–H groups in total. The van der Waals surface area contributed by atoms with Gasteiger partial charge in [-0.25, -0.2) is 9.59 Å². The summed E-state index contributed by atoms with van der Waals surface area (Å²) in [5.74, 6) is 1.25. The molecule has 9 heteroatoms. The van der Waals surface area contributed by atoms with Crippen molar-refractivity contribution in [2.24, 2.45) is 50.7 Å². The molecule has 5 saturated carbocycles. The highest BCUT2D eigenvalue weighted by Crippen LogP contribution is 2.89. The Hall–Kier alpha value is -2.13. The van der Waals surface area contributed by atoms with E-state index in [1.807, 2.05) is 0 Å². The number of amides is 2. The van der Waals surface area contributed by atoms with Crippen LogP contribution in [0.5, 0.6) is 0 Å². The average molecular weight is 655 g/mol. The lowest BCUT2D eigenvalue weighted by Gasteiger charge is -2.63. The minimum atomic E-state index is -0.434. The molecule has 5 aliphatic carbocycles. The van der Waals surface area contributed by atoms with Gasteiger partial charge in [0, 0.05) is 37.9 Å². The van der Waals surface area contributed by atoms with Crippen molar-refractivity contribution in [1.29, 1.82) is 0 Å². The Morgan fingerprint density at radius 1 is 1.06 bits per heavy atom. The number of fused-ring (bicyclic) bond motifs is 4. The summed E-state index contributed by atoms with van der Waals surface area (Å²) < 4.78 is 24.6. The van der Waals surface area contributed by atoms with Crippen LogP contribution in [0.2, 0.25) is 0 Å². The quantitative estimate of drug-likeness (QED) is 0.256. The molecule has 7 rings (SSSR count). The zero-order valence-electron chi connectivity index (χ0n) is 29.6. The molecule has 0 aromatic heterocycles. The van der Waals surface area contributed by atoms with E-state index in [-0.39, 0.29) is 69.4 Å². The average Bonchev–Trinajstić information content (AvgIpc) is 3.63. The molecular formula is C38H58N2O7. The van der Waals surface area contributed by atoms with Gasteiger partial charge in [-0.15, -0.1) is 0 Å². The van der Waals surface area contributed by atoms with Crippen LogP contribution in [0.15, 0.2) is 12.2 Å². The molecule has 0 aromatic carbocycles. The Labute approximate surface area is 281 Å². The fraction of sp³-hybridized carbons (Fsp3) is 0.868. The standard InChI is InChI=1S/C38H58N2O7/c1-23(2)31(47-32(42)39-7)25-20-24(3)30-26(45-25)21-36(14-17-41)28-9-8-27-34(4,5)29(46-33(43)40-15-18-44-19-16-40)10-11-37(27)22-38(28,37)13-12-35(30,36)6/h17,23,25-31H,3,8-16,18-22H2,1-2,4-7H3,(H,39,42). The van der Waals surface area contributed by atoms with E-state index in [9.17, 15) is 14.4 Å². The molecule has 2 heterocycles. The Kier molecular flexibility index (Phi) is 8.14. The van der Waals surface area contributed by atoms with Crippen LogP contribution >= 0.6 is 0 Å².